The molecule has 8 nitrogen and oxygen atoms in total. The zero-order chi connectivity index (χ0) is 14.2. The van der Waals surface area contributed by atoms with E-state index in [2.05, 4.69) is 5.10 Å². The van der Waals surface area contributed by atoms with Gasteiger partial charge in [-0.15, -0.1) is 0 Å². The second-order valence-corrected chi connectivity index (χ2v) is 3.95. The van der Waals surface area contributed by atoms with Crippen molar-refractivity contribution in [3.63, 3.8) is 0 Å². The summed E-state index contributed by atoms with van der Waals surface area (Å²) < 4.78 is 8.87. The van der Waals surface area contributed by atoms with Crippen LogP contribution in [0.2, 0.25) is 0 Å². The lowest BCUT2D eigenvalue weighted by molar-refractivity contribution is 0.421. The maximum Gasteiger partial charge on any atom is 0.333 e. The molecule has 0 fully saturated rings. The van der Waals surface area contributed by atoms with Crippen molar-refractivity contribution < 1.29 is 4.74 Å². The highest BCUT2D eigenvalue weighted by atomic mass is 16.5. The van der Waals surface area contributed by atoms with Gasteiger partial charge in [-0.1, -0.05) is 0 Å². The van der Waals surface area contributed by atoms with E-state index in [4.69, 9.17) is 10.00 Å². The fraction of sp³-hybridized carbons (Fsp3) is 0.273. The molecule has 0 aliphatic heterocycles. The van der Waals surface area contributed by atoms with Crippen LogP contribution in [-0.2, 0) is 21.1 Å². The molecule has 0 aromatic carbocycles. The van der Waals surface area contributed by atoms with Crippen LogP contribution in [0.25, 0.3) is 0 Å². The minimum atomic E-state index is -0.690. The second kappa shape index (κ2) is 4.45. The van der Waals surface area contributed by atoms with Gasteiger partial charge in [0, 0.05) is 21.1 Å². The van der Waals surface area contributed by atoms with Crippen molar-refractivity contribution in [1.29, 1.82) is 5.26 Å². The van der Waals surface area contributed by atoms with Crippen molar-refractivity contribution in [2.75, 3.05) is 0 Å². The van der Waals surface area contributed by atoms with E-state index in [1.54, 1.807) is 19.3 Å². The van der Waals surface area contributed by atoms with Gasteiger partial charge in [-0.25, -0.2) is 4.79 Å². The van der Waals surface area contributed by atoms with E-state index in [0.29, 0.717) is 5.75 Å². The van der Waals surface area contributed by atoms with E-state index in [1.165, 1.54) is 25.0 Å². The van der Waals surface area contributed by atoms with Gasteiger partial charge in [0.25, 0.3) is 5.56 Å². The summed E-state index contributed by atoms with van der Waals surface area (Å²) in [7, 11) is 4.43. The van der Waals surface area contributed by atoms with Crippen molar-refractivity contribution in [3.05, 3.63) is 38.8 Å². The average molecular weight is 261 g/mol. The molecule has 0 aliphatic rings. The van der Waals surface area contributed by atoms with Gasteiger partial charge >= 0.3 is 5.69 Å². The lowest BCUT2D eigenvalue weighted by Crippen LogP contribution is -2.38. The number of aryl methyl sites for hydroxylation is 1. The number of ether oxygens (including phenoxy) is 1. The Hall–Kier alpha value is -2.82. The molecule has 98 valence electrons. The first-order valence-electron chi connectivity index (χ1n) is 5.32. The monoisotopic (exact) mass is 261 g/mol. The third-order valence-electron chi connectivity index (χ3n) is 2.62. The highest BCUT2D eigenvalue weighted by Gasteiger charge is 2.17. The Kier molecular flexibility index (Phi) is 2.96. The molecule has 0 bridgehead atoms. The highest BCUT2D eigenvalue weighted by Crippen LogP contribution is 2.20. The minimum absolute atomic E-state index is 0.0939. The van der Waals surface area contributed by atoms with Crippen LogP contribution in [0.15, 0.2) is 22.0 Å². The summed E-state index contributed by atoms with van der Waals surface area (Å²) >= 11 is 0. The number of nitriles is 1. The Morgan fingerprint density at radius 2 is 1.95 bits per heavy atom. The molecule has 2 rings (SSSR count). The van der Waals surface area contributed by atoms with Gasteiger partial charge in [0.05, 0.1) is 12.4 Å². The molecule has 0 spiro atoms. The van der Waals surface area contributed by atoms with Crippen LogP contribution in [-0.4, -0.2) is 18.9 Å². The van der Waals surface area contributed by atoms with E-state index in [1.807, 2.05) is 0 Å². The van der Waals surface area contributed by atoms with E-state index in [-0.39, 0.29) is 11.4 Å². The molecule has 0 N–H and O–H groups in total. The summed E-state index contributed by atoms with van der Waals surface area (Å²) in [6.45, 7) is 0. The van der Waals surface area contributed by atoms with E-state index >= 15 is 0 Å². The van der Waals surface area contributed by atoms with Gasteiger partial charge in [-0.3, -0.25) is 18.6 Å². The molecule has 0 unspecified atom stereocenters. The maximum atomic E-state index is 11.8. The minimum Gasteiger partial charge on any atom is -0.436 e. The maximum absolute atomic E-state index is 11.8. The Morgan fingerprint density at radius 1 is 1.26 bits per heavy atom. The van der Waals surface area contributed by atoms with Gasteiger partial charge in [0.2, 0.25) is 5.88 Å². The van der Waals surface area contributed by atoms with Crippen molar-refractivity contribution in [1.82, 2.24) is 18.9 Å². The van der Waals surface area contributed by atoms with Crippen LogP contribution >= 0.6 is 0 Å². The third-order valence-corrected chi connectivity index (χ3v) is 2.62. The lowest BCUT2D eigenvalue weighted by atomic mass is 10.3. The molecule has 2 heterocycles. The molecule has 2 aromatic heterocycles. The van der Waals surface area contributed by atoms with Crippen LogP contribution < -0.4 is 16.0 Å². The molecule has 0 atom stereocenters. The molecule has 2 aromatic rings. The Morgan fingerprint density at radius 3 is 2.47 bits per heavy atom. The normalized spacial score (nSPS) is 10.2. The first-order valence-corrected chi connectivity index (χ1v) is 5.32. The summed E-state index contributed by atoms with van der Waals surface area (Å²) in [4.78, 5) is 23.6. The van der Waals surface area contributed by atoms with Crippen molar-refractivity contribution in [2.24, 2.45) is 21.1 Å². The first kappa shape index (κ1) is 12.6. The first-order chi connectivity index (χ1) is 8.95. The summed E-state index contributed by atoms with van der Waals surface area (Å²) in [5.74, 6) is 0.242. The molecule has 0 amide bonds. The molecule has 19 heavy (non-hydrogen) atoms. The second-order valence-electron chi connectivity index (χ2n) is 3.95. The Bertz CT molecular complexity index is 790. The van der Waals surface area contributed by atoms with Crippen LogP contribution in [0.1, 0.15) is 5.56 Å². The largest absolute Gasteiger partial charge is 0.436 e. The molecular weight excluding hydrogens is 250 g/mol. The quantitative estimate of drug-likeness (QED) is 0.725. The van der Waals surface area contributed by atoms with E-state index in [9.17, 15) is 9.59 Å². The number of rotatable bonds is 2. The Labute approximate surface area is 107 Å². The van der Waals surface area contributed by atoms with E-state index < -0.39 is 11.2 Å². The van der Waals surface area contributed by atoms with Crippen molar-refractivity contribution in [3.8, 4) is 17.7 Å². The van der Waals surface area contributed by atoms with Gasteiger partial charge in [-0.05, 0) is 0 Å². The molecule has 0 radical (unpaired) electrons. The summed E-state index contributed by atoms with van der Waals surface area (Å²) in [5.41, 5.74) is -1.49. The average Bonchev–Trinajstić information content (AvgIpc) is 2.79. The molecule has 8 heteroatoms. The van der Waals surface area contributed by atoms with Crippen molar-refractivity contribution >= 4 is 0 Å². The lowest BCUT2D eigenvalue weighted by Gasteiger charge is -2.10. The molecule has 0 aliphatic carbocycles. The topological polar surface area (TPSA) is 94.8 Å². The zero-order valence-corrected chi connectivity index (χ0v) is 10.6. The Balaban J connectivity index is 2.67. The van der Waals surface area contributed by atoms with Gasteiger partial charge in [0.1, 0.15) is 6.07 Å². The number of nitrogens with zero attached hydrogens (tertiary/aromatic N) is 5. The van der Waals surface area contributed by atoms with Gasteiger partial charge < -0.3 is 4.74 Å². The predicted octanol–water partition coefficient (Wildman–Crippen LogP) is -0.519. The number of aromatic nitrogens is 4. The summed E-state index contributed by atoms with van der Waals surface area (Å²) in [6.07, 6.45) is 2.98. The standard InChI is InChI=1S/C11H11N5O3/c1-14-6-7(5-13-14)19-10-8(4-12)9(17)15(2)11(18)16(10)3/h5-6H,1-3H3. The van der Waals surface area contributed by atoms with Crippen molar-refractivity contribution in [2.45, 2.75) is 0 Å². The molecular formula is C11H11N5O3. The molecule has 0 saturated heterocycles. The van der Waals surface area contributed by atoms with Gasteiger partial charge in [0.15, 0.2) is 11.3 Å². The fourth-order valence-corrected chi connectivity index (χ4v) is 1.60. The molecule has 0 saturated carbocycles. The summed E-state index contributed by atoms with van der Waals surface area (Å²) in [6, 6.07) is 1.75. The predicted molar refractivity (Wildman–Crippen MR) is 64.9 cm³/mol. The van der Waals surface area contributed by atoms with Crippen LogP contribution in [0.5, 0.6) is 11.6 Å². The zero-order valence-electron chi connectivity index (χ0n) is 10.6. The van der Waals surface area contributed by atoms with Crippen LogP contribution in [0.4, 0.5) is 0 Å². The number of hydrogen-bond acceptors (Lipinski definition) is 5. The number of hydrogen-bond donors (Lipinski definition) is 0. The van der Waals surface area contributed by atoms with Gasteiger partial charge in [-0.2, -0.15) is 10.4 Å². The smallest absolute Gasteiger partial charge is 0.333 e. The van der Waals surface area contributed by atoms with Crippen LogP contribution in [0.3, 0.4) is 0 Å². The SMILES string of the molecule is Cn1cc(Oc2c(C#N)c(=O)n(C)c(=O)n2C)cn1. The van der Waals surface area contributed by atoms with E-state index in [0.717, 1.165) is 9.13 Å². The third kappa shape index (κ3) is 2.01. The van der Waals surface area contributed by atoms with Crippen LogP contribution in [0, 0.1) is 11.3 Å². The fourth-order valence-electron chi connectivity index (χ4n) is 1.60. The highest BCUT2D eigenvalue weighted by molar-refractivity contribution is 5.38. The summed E-state index contributed by atoms with van der Waals surface area (Å²) in [5, 5.41) is 12.9.